The first kappa shape index (κ1) is 27.2. The molecule has 1 N–H and O–H groups in total. The van der Waals surface area contributed by atoms with E-state index in [0.29, 0.717) is 17.4 Å². The summed E-state index contributed by atoms with van der Waals surface area (Å²) < 4.78 is 7.25. The smallest absolute Gasteiger partial charge is 0.297 e. The number of non-ortho nitro benzene ring substituents is 1. The fourth-order valence-corrected chi connectivity index (χ4v) is 3.87. The third-order valence-electron chi connectivity index (χ3n) is 5.88. The Morgan fingerprint density at radius 1 is 1.12 bits per heavy atom. The zero-order valence-electron chi connectivity index (χ0n) is 20.9. The molecule has 0 aliphatic heterocycles. The summed E-state index contributed by atoms with van der Waals surface area (Å²) in [4.78, 5) is 24.0. The average molecular weight is 471 g/mol. The van der Waals surface area contributed by atoms with E-state index in [9.17, 15) is 20.0 Å². The van der Waals surface area contributed by atoms with Gasteiger partial charge in [0.2, 0.25) is 5.75 Å². The van der Waals surface area contributed by atoms with Crippen LogP contribution in [-0.2, 0) is 6.54 Å². The Morgan fingerprint density at radius 2 is 1.82 bits per heavy atom. The van der Waals surface area contributed by atoms with Crippen LogP contribution in [0.4, 0.5) is 5.69 Å². The molecule has 7 heteroatoms. The first-order valence-electron chi connectivity index (χ1n) is 12.2. The lowest BCUT2D eigenvalue weighted by Crippen LogP contribution is -2.23. The average Bonchev–Trinajstić information content (AvgIpc) is 2.79. The zero-order valence-corrected chi connectivity index (χ0v) is 20.9. The molecule has 0 amide bonds. The minimum absolute atomic E-state index is 0.110. The molecule has 186 valence electrons. The molecule has 0 aliphatic carbocycles. The lowest BCUT2D eigenvalue weighted by Gasteiger charge is -2.15. The Kier molecular flexibility index (Phi) is 10.8. The van der Waals surface area contributed by atoms with Crippen LogP contribution in [0.25, 0.3) is 10.9 Å². The minimum atomic E-state index is -0.497. The van der Waals surface area contributed by atoms with Gasteiger partial charge in [0.15, 0.2) is 5.75 Å². The highest BCUT2D eigenvalue weighted by Crippen LogP contribution is 2.33. The van der Waals surface area contributed by atoms with Gasteiger partial charge in [0.1, 0.15) is 6.61 Å². The van der Waals surface area contributed by atoms with E-state index in [4.69, 9.17) is 4.74 Å². The standard InChI is InChI=1S/C27H38N2O5/c1-5-6-7-8-9-10-17-28-24-19-22(29(32)33)14-15-23(24)25(30)26(27(28)31)34-18-16-21(4)13-11-12-20(2)3/h12,14-16,19,30H,5-11,13,17-18H2,1-4H3/b21-16+. The minimum Gasteiger partial charge on any atom is -0.504 e. The van der Waals surface area contributed by atoms with Crippen molar-refractivity contribution in [2.24, 2.45) is 0 Å². The lowest BCUT2D eigenvalue weighted by atomic mass is 10.1. The number of rotatable bonds is 14. The highest BCUT2D eigenvalue weighted by atomic mass is 16.6. The van der Waals surface area contributed by atoms with Crippen molar-refractivity contribution >= 4 is 16.6 Å². The largest absolute Gasteiger partial charge is 0.504 e. The number of hydrogen-bond acceptors (Lipinski definition) is 5. The molecule has 2 aromatic rings. The molecule has 0 radical (unpaired) electrons. The molecule has 0 unspecified atom stereocenters. The molecular formula is C27H38N2O5. The Morgan fingerprint density at radius 3 is 2.50 bits per heavy atom. The van der Waals surface area contributed by atoms with E-state index >= 15 is 0 Å². The Bertz CT molecular complexity index is 1090. The molecule has 0 saturated carbocycles. The van der Waals surface area contributed by atoms with Crippen LogP contribution in [0, 0.1) is 10.1 Å². The fourth-order valence-electron chi connectivity index (χ4n) is 3.87. The van der Waals surface area contributed by atoms with E-state index in [0.717, 1.165) is 50.5 Å². The van der Waals surface area contributed by atoms with E-state index in [-0.39, 0.29) is 23.8 Å². The van der Waals surface area contributed by atoms with Crippen molar-refractivity contribution in [3.05, 3.63) is 62.0 Å². The van der Waals surface area contributed by atoms with Crippen molar-refractivity contribution in [2.45, 2.75) is 85.6 Å². The van der Waals surface area contributed by atoms with Crippen molar-refractivity contribution < 1.29 is 14.8 Å². The van der Waals surface area contributed by atoms with Crippen LogP contribution in [0.3, 0.4) is 0 Å². The molecule has 2 rings (SSSR count). The van der Waals surface area contributed by atoms with Crippen molar-refractivity contribution in [3.8, 4) is 11.5 Å². The van der Waals surface area contributed by atoms with Crippen LogP contribution in [0.2, 0.25) is 0 Å². The van der Waals surface area contributed by atoms with Crippen LogP contribution >= 0.6 is 0 Å². The number of nitro benzene ring substituents is 1. The maximum atomic E-state index is 13.3. The van der Waals surface area contributed by atoms with Gasteiger partial charge >= 0.3 is 0 Å². The summed E-state index contributed by atoms with van der Waals surface area (Å²) in [6, 6.07) is 4.16. The first-order valence-corrected chi connectivity index (χ1v) is 12.2. The number of ether oxygens (including phenoxy) is 1. The molecule has 0 spiro atoms. The van der Waals surface area contributed by atoms with Crippen LogP contribution < -0.4 is 10.3 Å². The van der Waals surface area contributed by atoms with E-state index in [1.54, 1.807) is 0 Å². The lowest BCUT2D eigenvalue weighted by molar-refractivity contribution is -0.384. The van der Waals surface area contributed by atoms with Gasteiger partial charge in [-0.3, -0.25) is 14.9 Å². The van der Waals surface area contributed by atoms with Crippen molar-refractivity contribution in [1.29, 1.82) is 0 Å². The number of allylic oxidation sites excluding steroid dienone is 3. The molecule has 0 fully saturated rings. The number of aromatic nitrogens is 1. The summed E-state index contributed by atoms with van der Waals surface area (Å²) in [5, 5.41) is 22.4. The van der Waals surface area contributed by atoms with Crippen molar-refractivity contribution in [3.63, 3.8) is 0 Å². The molecule has 1 aromatic carbocycles. The van der Waals surface area contributed by atoms with Gasteiger partial charge in [-0.1, -0.05) is 56.3 Å². The summed E-state index contributed by atoms with van der Waals surface area (Å²) in [6.07, 6.45) is 12.2. The molecular weight excluding hydrogens is 432 g/mol. The van der Waals surface area contributed by atoms with Gasteiger partial charge in [-0.15, -0.1) is 0 Å². The predicted molar refractivity (Wildman–Crippen MR) is 138 cm³/mol. The van der Waals surface area contributed by atoms with Crippen LogP contribution in [-0.4, -0.2) is 21.2 Å². The van der Waals surface area contributed by atoms with E-state index in [2.05, 4.69) is 26.8 Å². The second kappa shape index (κ2) is 13.6. The molecule has 1 heterocycles. The number of nitrogens with zero attached hydrogens (tertiary/aromatic N) is 2. The fraction of sp³-hybridized carbons (Fsp3) is 0.519. The highest BCUT2D eigenvalue weighted by Gasteiger charge is 2.20. The monoisotopic (exact) mass is 470 g/mol. The maximum absolute atomic E-state index is 13.3. The number of fused-ring (bicyclic) bond motifs is 1. The molecule has 0 aliphatic rings. The quantitative estimate of drug-likeness (QED) is 0.138. The van der Waals surface area contributed by atoms with Crippen molar-refractivity contribution in [2.75, 3.05) is 6.61 Å². The number of aromatic hydroxyl groups is 1. The van der Waals surface area contributed by atoms with Crippen LogP contribution in [0.15, 0.2) is 46.3 Å². The molecule has 7 nitrogen and oxygen atoms in total. The third kappa shape index (κ3) is 7.75. The number of pyridine rings is 1. The van der Waals surface area contributed by atoms with Crippen molar-refractivity contribution in [1.82, 2.24) is 4.57 Å². The van der Waals surface area contributed by atoms with E-state index in [1.165, 1.54) is 34.8 Å². The van der Waals surface area contributed by atoms with Gasteiger partial charge < -0.3 is 14.4 Å². The van der Waals surface area contributed by atoms with Crippen LogP contribution in [0.1, 0.15) is 79.1 Å². The number of unbranched alkanes of at least 4 members (excludes halogenated alkanes) is 5. The highest BCUT2D eigenvalue weighted by molar-refractivity contribution is 5.89. The van der Waals surface area contributed by atoms with E-state index in [1.807, 2.05) is 13.0 Å². The second-order valence-electron chi connectivity index (χ2n) is 9.04. The summed E-state index contributed by atoms with van der Waals surface area (Å²) in [6.45, 7) is 8.88. The van der Waals surface area contributed by atoms with Crippen LogP contribution in [0.5, 0.6) is 11.5 Å². The maximum Gasteiger partial charge on any atom is 0.297 e. The third-order valence-corrected chi connectivity index (χ3v) is 5.88. The molecule has 0 saturated heterocycles. The summed E-state index contributed by atoms with van der Waals surface area (Å²) >= 11 is 0. The Labute approximate surface area is 201 Å². The normalized spacial score (nSPS) is 11.6. The number of hydrogen-bond donors (Lipinski definition) is 1. The molecule has 1 aromatic heterocycles. The Balaban J connectivity index is 2.30. The zero-order chi connectivity index (χ0) is 25.1. The molecule has 34 heavy (non-hydrogen) atoms. The second-order valence-corrected chi connectivity index (χ2v) is 9.04. The number of aryl methyl sites for hydroxylation is 1. The van der Waals surface area contributed by atoms with E-state index < -0.39 is 10.5 Å². The number of benzene rings is 1. The van der Waals surface area contributed by atoms with Gasteiger partial charge in [0.05, 0.1) is 10.4 Å². The van der Waals surface area contributed by atoms with Gasteiger partial charge in [0, 0.05) is 24.1 Å². The summed E-state index contributed by atoms with van der Waals surface area (Å²) in [5.41, 5.74) is 2.18. The number of nitro groups is 1. The first-order chi connectivity index (χ1) is 16.3. The molecule has 0 bridgehead atoms. The topological polar surface area (TPSA) is 94.6 Å². The summed E-state index contributed by atoms with van der Waals surface area (Å²) in [5.74, 6) is -0.384. The summed E-state index contributed by atoms with van der Waals surface area (Å²) in [7, 11) is 0. The van der Waals surface area contributed by atoms with Gasteiger partial charge in [-0.2, -0.15) is 0 Å². The predicted octanol–water partition coefficient (Wildman–Crippen LogP) is 7.05. The van der Waals surface area contributed by atoms with Gasteiger partial charge in [-0.25, -0.2) is 0 Å². The molecule has 0 atom stereocenters. The van der Waals surface area contributed by atoms with Gasteiger partial charge in [0.25, 0.3) is 11.2 Å². The van der Waals surface area contributed by atoms with Gasteiger partial charge in [-0.05, 0) is 52.2 Å². The SMILES string of the molecule is CCCCCCCCn1c(=O)c(OC/C=C(\C)CCC=C(C)C)c(O)c2ccc([N+](=O)[O-])cc21. The Hall–Kier alpha value is -3.09.